The molecule has 6 nitrogen and oxygen atoms in total. The lowest BCUT2D eigenvalue weighted by Gasteiger charge is -2.26. The van der Waals surface area contributed by atoms with E-state index in [0.29, 0.717) is 17.3 Å². The van der Waals surface area contributed by atoms with Crippen LogP contribution >= 0.6 is 11.6 Å². The Hall–Kier alpha value is -1.63. The summed E-state index contributed by atoms with van der Waals surface area (Å²) < 4.78 is 5.28. The molecule has 1 aliphatic rings. The number of hydrogen-bond donors (Lipinski definition) is 2. The van der Waals surface area contributed by atoms with Crippen LogP contribution in [0, 0.1) is 6.92 Å². The molecule has 1 aliphatic heterocycles. The minimum Gasteiger partial charge on any atom is -0.379 e. The van der Waals surface area contributed by atoms with E-state index in [1.54, 1.807) is 25.1 Å². The van der Waals surface area contributed by atoms with Gasteiger partial charge in [-0.1, -0.05) is 17.7 Å². The molecule has 0 atom stereocenters. The van der Waals surface area contributed by atoms with Gasteiger partial charge >= 0.3 is 11.8 Å². The first-order chi connectivity index (χ1) is 11.1. The van der Waals surface area contributed by atoms with Crippen molar-refractivity contribution in [1.29, 1.82) is 0 Å². The zero-order chi connectivity index (χ0) is 16.7. The van der Waals surface area contributed by atoms with Crippen LogP contribution in [0.15, 0.2) is 18.2 Å². The Balaban J connectivity index is 1.70. The molecule has 2 N–H and O–H groups in total. The molecule has 1 fully saturated rings. The van der Waals surface area contributed by atoms with E-state index in [1.807, 2.05) is 0 Å². The first kappa shape index (κ1) is 17.7. The first-order valence-corrected chi connectivity index (χ1v) is 8.10. The number of rotatable bonds is 5. The predicted molar refractivity (Wildman–Crippen MR) is 89.7 cm³/mol. The van der Waals surface area contributed by atoms with Gasteiger partial charge in [0, 0.05) is 30.3 Å². The third kappa shape index (κ3) is 5.49. The number of halogens is 1. The van der Waals surface area contributed by atoms with Gasteiger partial charge in [-0.2, -0.15) is 0 Å². The highest BCUT2D eigenvalue weighted by molar-refractivity contribution is 6.40. The molecule has 0 saturated carbocycles. The van der Waals surface area contributed by atoms with E-state index in [9.17, 15) is 9.59 Å². The summed E-state index contributed by atoms with van der Waals surface area (Å²) in [6.45, 7) is 6.50. The van der Waals surface area contributed by atoms with Crippen molar-refractivity contribution in [3.05, 3.63) is 28.8 Å². The van der Waals surface area contributed by atoms with Gasteiger partial charge in [-0.3, -0.25) is 14.5 Å². The number of carbonyl (C=O) groups is 2. The summed E-state index contributed by atoms with van der Waals surface area (Å²) >= 11 is 5.99. The van der Waals surface area contributed by atoms with Crippen molar-refractivity contribution < 1.29 is 14.3 Å². The summed E-state index contributed by atoms with van der Waals surface area (Å²) in [5, 5.41) is 5.76. The van der Waals surface area contributed by atoms with E-state index in [1.165, 1.54) is 0 Å². The van der Waals surface area contributed by atoms with Crippen molar-refractivity contribution in [2.24, 2.45) is 0 Å². The van der Waals surface area contributed by atoms with Crippen molar-refractivity contribution in [2.45, 2.75) is 13.3 Å². The molecule has 126 valence electrons. The quantitative estimate of drug-likeness (QED) is 0.629. The molecular formula is C16H22ClN3O3. The number of hydrogen-bond acceptors (Lipinski definition) is 4. The van der Waals surface area contributed by atoms with Crippen LogP contribution in [-0.2, 0) is 14.3 Å². The normalized spacial score (nSPS) is 15.2. The van der Waals surface area contributed by atoms with Crippen LogP contribution in [0.4, 0.5) is 5.69 Å². The predicted octanol–water partition coefficient (Wildman–Crippen LogP) is 1.43. The Morgan fingerprint density at radius 3 is 2.74 bits per heavy atom. The summed E-state index contributed by atoms with van der Waals surface area (Å²) in [5.41, 5.74) is 1.29. The van der Waals surface area contributed by atoms with Crippen LogP contribution in [0.5, 0.6) is 0 Å². The number of morpholine rings is 1. The van der Waals surface area contributed by atoms with Gasteiger partial charge in [0.05, 0.1) is 13.2 Å². The van der Waals surface area contributed by atoms with Crippen molar-refractivity contribution >= 4 is 29.1 Å². The Morgan fingerprint density at radius 2 is 2.00 bits per heavy atom. The van der Waals surface area contributed by atoms with E-state index >= 15 is 0 Å². The van der Waals surface area contributed by atoms with E-state index in [0.717, 1.165) is 44.8 Å². The van der Waals surface area contributed by atoms with Crippen molar-refractivity contribution in [3.63, 3.8) is 0 Å². The van der Waals surface area contributed by atoms with Crippen LogP contribution < -0.4 is 10.6 Å². The second-order valence-electron chi connectivity index (χ2n) is 5.43. The summed E-state index contributed by atoms with van der Waals surface area (Å²) in [4.78, 5) is 26.0. The third-order valence-corrected chi connectivity index (χ3v) is 4.17. The standard InChI is InChI=1S/C16H22ClN3O3/c1-12-13(17)4-2-5-14(12)19-16(22)15(21)18-6-3-7-20-8-10-23-11-9-20/h2,4-5H,3,6-11H2,1H3,(H,18,21)(H,19,22). The van der Waals surface area contributed by atoms with E-state index in [2.05, 4.69) is 15.5 Å². The van der Waals surface area contributed by atoms with Crippen LogP contribution in [0.3, 0.4) is 0 Å². The highest BCUT2D eigenvalue weighted by atomic mass is 35.5. The fourth-order valence-corrected chi connectivity index (χ4v) is 2.51. The average molecular weight is 340 g/mol. The molecule has 0 unspecified atom stereocenters. The lowest BCUT2D eigenvalue weighted by Crippen LogP contribution is -2.39. The lowest BCUT2D eigenvalue weighted by atomic mass is 10.2. The van der Waals surface area contributed by atoms with Gasteiger partial charge in [0.15, 0.2) is 0 Å². The van der Waals surface area contributed by atoms with E-state index in [4.69, 9.17) is 16.3 Å². The van der Waals surface area contributed by atoms with Gasteiger partial charge in [0.2, 0.25) is 0 Å². The molecule has 1 heterocycles. The molecule has 0 spiro atoms. The Labute approximate surface area is 141 Å². The number of nitrogens with one attached hydrogen (secondary N) is 2. The molecular weight excluding hydrogens is 318 g/mol. The molecule has 23 heavy (non-hydrogen) atoms. The second kappa shape index (κ2) is 8.86. The fraction of sp³-hybridized carbons (Fsp3) is 0.500. The van der Waals surface area contributed by atoms with Gasteiger partial charge in [0.1, 0.15) is 0 Å². The number of ether oxygens (including phenoxy) is 1. The second-order valence-corrected chi connectivity index (χ2v) is 5.84. The molecule has 2 amide bonds. The van der Waals surface area contributed by atoms with Crippen LogP contribution in [0.25, 0.3) is 0 Å². The largest absolute Gasteiger partial charge is 0.379 e. The zero-order valence-electron chi connectivity index (χ0n) is 13.2. The Bertz CT molecular complexity index is 560. The Kier molecular flexibility index (Phi) is 6.83. The van der Waals surface area contributed by atoms with Crippen molar-refractivity contribution in [1.82, 2.24) is 10.2 Å². The van der Waals surface area contributed by atoms with E-state index < -0.39 is 11.8 Å². The SMILES string of the molecule is Cc1c(Cl)cccc1NC(=O)C(=O)NCCCN1CCOCC1. The number of benzene rings is 1. The fourth-order valence-electron chi connectivity index (χ4n) is 2.33. The number of anilines is 1. The summed E-state index contributed by atoms with van der Waals surface area (Å²) in [7, 11) is 0. The van der Waals surface area contributed by atoms with Gasteiger partial charge in [0.25, 0.3) is 0 Å². The van der Waals surface area contributed by atoms with Crippen molar-refractivity contribution in [3.8, 4) is 0 Å². The molecule has 1 aromatic rings. The molecule has 7 heteroatoms. The maximum Gasteiger partial charge on any atom is 0.313 e. The van der Waals surface area contributed by atoms with Gasteiger partial charge in [-0.05, 0) is 37.6 Å². The van der Waals surface area contributed by atoms with Crippen LogP contribution in [0.1, 0.15) is 12.0 Å². The van der Waals surface area contributed by atoms with Gasteiger partial charge in [-0.15, -0.1) is 0 Å². The minimum atomic E-state index is -0.679. The molecule has 0 aliphatic carbocycles. The Morgan fingerprint density at radius 1 is 1.26 bits per heavy atom. The van der Waals surface area contributed by atoms with E-state index in [-0.39, 0.29) is 0 Å². The van der Waals surface area contributed by atoms with Crippen molar-refractivity contribution in [2.75, 3.05) is 44.7 Å². The number of amides is 2. The molecule has 1 saturated heterocycles. The summed E-state index contributed by atoms with van der Waals surface area (Å²) in [6.07, 6.45) is 0.801. The average Bonchev–Trinajstić information content (AvgIpc) is 2.56. The summed E-state index contributed by atoms with van der Waals surface area (Å²) in [5.74, 6) is -1.31. The number of carbonyl (C=O) groups excluding carboxylic acids is 2. The van der Waals surface area contributed by atoms with Gasteiger partial charge in [-0.25, -0.2) is 0 Å². The monoisotopic (exact) mass is 339 g/mol. The molecule has 0 bridgehead atoms. The molecule has 2 rings (SSSR count). The van der Waals surface area contributed by atoms with Gasteiger partial charge < -0.3 is 15.4 Å². The highest BCUT2D eigenvalue weighted by Crippen LogP contribution is 2.22. The minimum absolute atomic E-state index is 0.470. The van der Waals surface area contributed by atoms with Crippen LogP contribution in [-0.4, -0.2) is 56.1 Å². The molecule has 0 aromatic heterocycles. The highest BCUT2D eigenvalue weighted by Gasteiger charge is 2.15. The lowest BCUT2D eigenvalue weighted by molar-refractivity contribution is -0.136. The number of nitrogens with zero attached hydrogens (tertiary/aromatic N) is 1. The molecule has 1 aromatic carbocycles. The van der Waals surface area contributed by atoms with Crippen LogP contribution in [0.2, 0.25) is 5.02 Å². The molecule has 0 radical (unpaired) electrons. The topological polar surface area (TPSA) is 70.7 Å². The zero-order valence-corrected chi connectivity index (χ0v) is 14.0. The summed E-state index contributed by atoms with van der Waals surface area (Å²) in [6, 6.07) is 5.17. The maximum atomic E-state index is 11.9. The maximum absolute atomic E-state index is 11.9. The third-order valence-electron chi connectivity index (χ3n) is 3.76. The first-order valence-electron chi connectivity index (χ1n) is 7.72. The smallest absolute Gasteiger partial charge is 0.313 e.